The molecular formula is C17H24ClN3. The Morgan fingerprint density at radius 3 is 2.38 bits per heavy atom. The first-order valence-corrected chi connectivity index (χ1v) is 7.96. The summed E-state index contributed by atoms with van der Waals surface area (Å²) in [6.07, 6.45) is 0. The zero-order valence-electron chi connectivity index (χ0n) is 13.5. The molecule has 4 heteroatoms. The fourth-order valence-electron chi connectivity index (χ4n) is 2.52. The molecule has 0 saturated heterocycles. The van der Waals surface area contributed by atoms with Gasteiger partial charge in [0, 0.05) is 12.1 Å². The Morgan fingerprint density at radius 2 is 1.81 bits per heavy atom. The molecule has 1 aromatic carbocycles. The molecule has 0 radical (unpaired) electrons. The van der Waals surface area contributed by atoms with E-state index in [-0.39, 0.29) is 5.41 Å². The van der Waals surface area contributed by atoms with Crippen LogP contribution in [0.15, 0.2) is 24.3 Å². The van der Waals surface area contributed by atoms with E-state index < -0.39 is 0 Å². The molecular weight excluding hydrogens is 282 g/mol. The standard InChI is InChI=1S/C17H24ClN3/c1-12(2)11-21-15(10-18)19-20-16(21)13-8-6-7-9-14(13)17(3,4)5/h6-9,12H,10-11H2,1-5H3. The second-order valence-electron chi connectivity index (χ2n) is 6.87. The molecule has 2 rings (SSSR count). The summed E-state index contributed by atoms with van der Waals surface area (Å²) in [5.41, 5.74) is 2.49. The van der Waals surface area contributed by atoms with Gasteiger partial charge in [-0.1, -0.05) is 58.9 Å². The summed E-state index contributed by atoms with van der Waals surface area (Å²) < 4.78 is 2.15. The van der Waals surface area contributed by atoms with Gasteiger partial charge in [-0.15, -0.1) is 21.8 Å². The lowest BCUT2D eigenvalue weighted by atomic mass is 9.83. The molecule has 0 aliphatic rings. The topological polar surface area (TPSA) is 30.7 Å². The summed E-state index contributed by atoms with van der Waals surface area (Å²) in [4.78, 5) is 0. The number of alkyl halides is 1. The van der Waals surface area contributed by atoms with Crippen molar-refractivity contribution in [2.24, 2.45) is 5.92 Å². The molecule has 0 bridgehead atoms. The summed E-state index contributed by atoms with van der Waals surface area (Å²) >= 11 is 6.02. The highest BCUT2D eigenvalue weighted by molar-refractivity contribution is 6.16. The first-order chi connectivity index (χ1) is 9.84. The van der Waals surface area contributed by atoms with Gasteiger partial charge < -0.3 is 4.57 Å². The van der Waals surface area contributed by atoms with Gasteiger partial charge in [0.05, 0.1) is 5.88 Å². The third-order valence-corrected chi connectivity index (χ3v) is 3.71. The van der Waals surface area contributed by atoms with Gasteiger partial charge in [0.15, 0.2) is 5.82 Å². The Labute approximate surface area is 132 Å². The number of aromatic nitrogens is 3. The molecule has 0 amide bonds. The smallest absolute Gasteiger partial charge is 0.164 e. The number of rotatable bonds is 4. The van der Waals surface area contributed by atoms with Gasteiger partial charge in [-0.2, -0.15) is 0 Å². The van der Waals surface area contributed by atoms with Crippen LogP contribution in [-0.4, -0.2) is 14.8 Å². The van der Waals surface area contributed by atoms with Crippen LogP contribution in [0.3, 0.4) is 0 Å². The van der Waals surface area contributed by atoms with E-state index in [1.807, 2.05) is 0 Å². The van der Waals surface area contributed by atoms with Gasteiger partial charge in [0.25, 0.3) is 0 Å². The van der Waals surface area contributed by atoms with Crippen molar-refractivity contribution in [3.63, 3.8) is 0 Å². The first kappa shape index (κ1) is 16.0. The van der Waals surface area contributed by atoms with Crippen LogP contribution in [-0.2, 0) is 17.8 Å². The summed E-state index contributed by atoms with van der Waals surface area (Å²) in [6.45, 7) is 11.9. The van der Waals surface area contributed by atoms with Crippen molar-refractivity contribution in [2.75, 3.05) is 0 Å². The summed E-state index contributed by atoms with van der Waals surface area (Å²) in [5.74, 6) is 2.66. The summed E-state index contributed by atoms with van der Waals surface area (Å²) in [7, 11) is 0. The van der Waals surface area contributed by atoms with Crippen molar-refractivity contribution in [3.05, 3.63) is 35.7 Å². The number of hydrogen-bond donors (Lipinski definition) is 0. The zero-order valence-corrected chi connectivity index (χ0v) is 14.3. The van der Waals surface area contributed by atoms with E-state index in [2.05, 4.69) is 73.6 Å². The van der Waals surface area contributed by atoms with Gasteiger partial charge in [-0.05, 0) is 16.9 Å². The largest absolute Gasteiger partial charge is 0.310 e. The van der Waals surface area contributed by atoms with Crippen molar-refractivity contribution >= 4 is 11.6 Å². The zero-order chi connectivity index (χ0) is 15.6. The van der Waals surface area contributed by atoms with E-state index in [4.69, 9.17) is 11.6 Å². The van der Waals surface area contributed by atoms with E-state index in [0.717, 1.165) is 23.8 Å². The van der Waals surface area contributed by atoms with Crippen LogP contribution < -0.4 is 0 Å². The second kappa shape index (κ2) is 6.18. The molecule has 0 aliphatic carbocycles. The Hall–Kier alpha value is -1.35. The highest BCUT2D eigenvalue weighted by atomic mass is 35.5. The normalized spacial score (nSPS) is 12.1. The average Bonchev–Trinajstić information content (AvgIpc) is 2.79. The number of benzene rings is 1. The minimum absolute atomic E-state index is 0.0618. The molecule has 0 N–H and O–H groups in total. The summed E-state index contributed by atoms with van der Waals surface area (Å²) in [6, 6.07) is 8.43. The van der Waals surface area contributed by atoms with Crippen molar-refractivity contribution in [3.8, 4) is 11.4 Å². The van der Waals surface area contributed by atoms with Crippen molar-refractivity contribution in [1.29, 1.82) is 0 Å². The highest BCUT2D eigenvalue weighted by Crippen LogP contribution is 2.32. The first-order valence-electron chi connectivity index (χ1n) is 7.42. The number of nitrogens with zero attached hydrogens (tertiary/aromatic N) is 3. The molecule has 21 heavy (non-hydrogen) atoms. The van der Waals surface area contributed by atoms with Crippen LogP contribution in [0, 0.1) is 5.92 Å². The van der Waals surface area contributed by atoms with Crippen LogP contribution >= 0.6 is 11.6 Å². The van der Waals surface area contributed by atoms with Gasteiger partial charge >= 0.3 is 0 Å². The molecule has 1 aromatic heterocycles. The maximum atomic E-state index is 6.02. The van der Waals surface area contributed by atoms with Gasteiger partial charge in [-0.3, -0.25) is 0 Å². The van der Waals surface area contributed by atoms with E-state index in [1.165, 1.54) is 5.56 Å². The SMILES string of the molecule is CC(C)Cn1c(CCl)nnc1-c1ccccc1C(C)(C)C. The van der Waals surface area contributed by atoms with Gasteiger partial charge in [-0.25, -0.2) is 0 Å². The van der Waals surface area contributed by atoms with Crippen LogP contribution in [0.25, 0.3) is 11.4 Å². The molecule has 2 aromatic rings. The average molecular weight is 306 g/mol. The van der Waals surface area contributed by atoms with Crippen LogP contribution in [0.5, 0.6) is 0 Å². The van der Waals surface area contributed by atoms with Crippen molar-refractivity contribution in [1.82, 2.24) is 14.8 Å². The number of halogens is 1. The minimum Gasteiger partial charge on any atom is -0.310 e. The third-order valence-electron chi connectivity index (χ3n) is 3.47. The Balaban J connectivity index is 2.60. The maximum absolute atomic E-state index is 6.02. The Bertz CT molecular complexity index is 609. The van der Waals surface area contributed by atoms with Crippen LogP contribution in [0.2, 0.25) is 0 Å². The molecule has 0 spiro atoms. The molecule has 0 atom stereocenters. The molecule has 0 fully saturated rings. The molecule has 114 valence electrons. The van der Waals surface area contributed by atoms with Crippen molar-refractivity contribution < 1.29 is 0 Å². The van der Waals surface area contributed by atoms with Crippen LogP contribution in [0.1, 0.15) is 46.0 Å². The van der Waals surface area contributed by atoms with Crippen LogP contribution in [0.4, 0.5) is 0 Å². The van der Waals surface area contributed by atoms with E-state index in [9.17, 15) is 0 Å². The molecule has 0 saturated carbocycles. The quantitative estimate of drug-likeness (QED) is 0.771. The third kappa shape index (κ3) is 3.46. The fourth-order valence-corrected chi connectivity index (χ4v) is 2.72. The monoisotopic (exact) mass is 305 g/mol. The predicted molar refractivity (Wildman–Crippen MR) is 88.6 cm³/mol. The highest BCUT2D eigenvalue weighted by Gasteiger charge is 2.22. The Morgan fingerprint density at radius 1 is 1.14 bits per heavy atom. The number of hydrogen-bond acceptors (Lipinski definition) is 2. The molecule has 3 nitrogen and oxygen atoms in total. The van der Waals surface area contributed by atoms with E-state index >= 15 is 0 Å². The van der Waals surface area contributed by atoms with Crippen molar-refractivity contribution in [2.45, 2.75) is 52.5 Å². The fraction of sp³-hybridized carbons (Fsp3) is 0.529. The maximum Gasteiger partial charge on any atom is 0.164 e. The lowest BCUT2D eigenvalue weighted by Crippen LogP contribution is -2.15. The molecule has 0 unspecified atom stereocenters. The predicted octanol–water partition coefficient (Wildman–Crippen LogP) is 4.64. The minimum atomic E-state index is 0.0618. The lowest BCUT2D eigenvalue weighted by molar-refractivity contribution is 0.514. The van der Waals surface area contributed by atoms with Gasteiger partial charge in [0.1, 0.15) is 5.82 Å². The Kier molecular flexibility index (Phi) is 4.72. The summed E-state index contributed by atoms with van der Waals surface area (Å²) in [5, 5.41) is 8.68. The van der Waals surface area contributed by atoms with E-state index in [1.54, 1.807) is 0 Å². The molecule has 1 heterocycles. The second-order valence-corrected chi connectivity index (χ2v) is 7.14. The lowest BCUT2D eigenvalue weighted by Gasteiger charge is -2.23. The van der Waals surface area contributed by atoms with E-state index in [0.29, 0.717) is 11.8 Å². The van der Waals surface area contributed by atoms with Gasteiger partial charge in [0.2, 0.25) is 0 Å². The molecule has 0 aliphatic heterocycles.